The molecule has 5 nitrogen and oxygen atoms in total. The maximum Gasteiger partial charge on any atom is 0.191 e. The van der Waals surface area contributed by atoms with Crippen LogP contribution in [0, 0.1) is 0 Å². The van der Waals surface area contributed by atoms with E-state index in [4.69, 9.17) is 4.74 Å². The molecule has 0 aromatic rings. The summed E-state index contributed by atoms with van der Waals surface area (Å²) in [5.41, 5.74) is 0.0987. The first-order valence-electron chi connectivity index (χ1n) is 6.69. The zero-order valence-corrected chi connectivity index (χ0v) is 12.4. The normalized spacial score (nSPS) is 21.4. The average Bonchev–Trinajstić information content (AvgIpc) is 2.82. The summed E-state index contributed by atoms with van der Waals surface area (Å²) in [5, 5.41) is 6.67. The van der Waals surface area contributed by atoms with Crippen LogP contribution in [-0.4, -0.2) is 63.3 Å². The molecule has 1 saturated heterocycles. The summed E-state index contributed by atoms with van der Waals surface area (Å²) in [4.78, 5) is 6.43. The molecule has 0 amide bonds. The molecule has 1 rings (SSSR count). The highest BCUT2D eigenvalue weighted by Gasteiger charge is 2.21. The van der Waals surface area contributed by atoms with Gasteiger partial charge in [0, 0.05) is 32.3 Å². The van der Waals surface area contributed by atoms with E-state index in [0.717, 1.165) is 32.1 Å². The number of rotatable bonds is 5. The van der Waals surface area contributed by atoms with Crippen molar-refractivity contribution in [3.8, 4) is 0 Å². The van der Waals surface area contributed by atoms with Crippen LogP contribution in [-0.2, 0) is 4.74 Å². The molecule has 0 bridgehead atoms. The number of nitrogens with zero attached hydrogens (tertiary/aromatic N) is 2. The summed E-state index contributed by atoms with van der Waals surface area (Å²) in [6.07, 6.45) is 2.66. The second-order valence-corrected chi connectivity index (χ2v) is 5.65. The van der Waals surface area contributed by atoms with Gasteiger partial charge in [-0.1, -0.05) is 0 Å². The second-order valence-electron chi connectivity index (χ2n) is 5.65. The first kappa shape index (κ1) is 15.2. The summed E-state index contributed by atoms with van der Waals surface area (Å²) < 4.78 is 5.58. The molecule has 5 heteroatoms. The van der Waals surface area contributed by atoms with Gasteiger partial charge in [0.05, 0.1) is 6.10 Å². The molecule has 0 aliphatic carbocycles. The SMILES string of the molecule is CN=C(NCC1CCCO1)NCC(C)(C)N(C)C. The largest absolute Gasteiger partial charge is 0.376 e. The van der Waals surface area contributed by atoms with E-state index < -0.39 is 0 Å². The lowest BCUT2D eigenvalue weighted by atomic mass is 10.0. The van der Waals surface area contributed by atoms with Gasteiger partial charge in [-0.05, 0) is 40.8 Å². The van der Waals surface area contributed by atoms with Crippen molar-refractivity contribution in [1.82, 2.24) is 15.5 Å². The average molecular weight is 256 g/mol. The van der Waals surface area contributed by atoms with E-state index in [1.54, 1.807) is 7.05 Å². The van der Waals surface area contributed by atoms with Crippen molar-refractivity contribution in [3.63, 3.8) is 0 Å². The molecular formula is C13H28N4O. The van der Waals surface area contributed by atoms with Crippen LogP contribution in [0.3, 0.4) is 0 Å². The van der Waals surface area contributed by atoms with Crippen LogP contribution >= 0.6 is 0 Å². The number of hydrogen-bond acceptors (Lipinski definition) is 3. The highest BCUT2D eigenvalue weighted by atomic mass is 16.5. The Morgan fingerprint density at radius 2 is 2.11 bits per heavy atom. The van der Waals surface area contributed by atoms with Crippen LogP contribution in [0.25, 0.3) is 0 Å². The van der Waals surface area contributed by atoms with E-state index in [2.05, 4.69) is 48.5 Å². The Balaban J connectivity index is 2.29. The van der Waals surface area contributed by atoms with Gasteiger partial charge in [-0.25, -0.2) is 0 Å². The molecule has 0 saturated carbocycles. The summed E-state index contributed by atoms with van der Waals surface area (Å²) in [6, 6.07) is 0. The van der Waals surface area contributed by atoms with E-state index in [0.29, 0.717) is 6.10 Å². The van der Waals surface area contributed by atoms with E-state index in [1.165, 1.54) is 6.42 Å². The molecule has 2 N–H and O–H groups in total. The lowest BCUT2D eigenvalue weighted by Crippen LogP contribution is -2.51. The van der Waals surface area contributed by atoms with Gasteiger partial charge in [0.2, 0.25) is 0 Å². The molecule has 18 heavy (non-hydrogen) atoms. The van der Waals surface area contributed by atoms with Crippen LogP contribution in [0.4, 0.5) is 0 Å². The molecule has 1 aliphatic heterocycles. The van der Waals surface area contributed by atoms with Crippen molar-refractivity contribution in [3.05, 3.63) is 0 Å². The Hall–Kier alpha value is -0.810. The maximum atomic E-state index is 5.58. The number of aliphatic imine (C=N–C) groups is 1. The van der Waals surface area contributed by atoms with Gasteiger partial charge in [0.15, 0.2) is 5.96 Å². The van der Waals surface area contributed by atoms with E-state index in [9.17, 15) is 0 Å². The first-order valence-corrected chi connectivity index (χ1v) is 6.69. The molecule has 0 spiro atoms. The fraction of sp³-hybridized carbons (Fsp3) is 0.923. The second kappa shape index (κ2) is 6.95. The number of likely N-dealkylation sites (N-methyl/N-ethyl adjacent to an activating group) is 1. The van der Waals surface area contributed by atoms with Gasteiger partial charge in [-0.2, -0.15) is 0 Å². The van der Waals surface area contributed by atoms with Gasteiger partial charge in [-0.3, -0.25) is 4.99 Å². The zero-order valence-electron chi connectivity index (χ0n) is 12.4. The zero-order chi connectivity index (χ0) is 13.6. The van der Waals surface area contributed by atoms with Crippen LogP contribution in [0.2, 0.25) is 0 Å². The fourth-order valence-electron chi connectivity index (χ4n) is 1.69. The van der Waals surface area contributed by atoms with Crippen molar-refractivity contribution in [2.75, 3.05) is 40.8 Å². The molecule has 1 aliphatic rings. The molecule has 1 fully saturated rings. The Labute approximate surface area is 111 Å². The van der Waals surface area contributed by atoms with Crippen LogP contribution < -0.4 is 10.6 Å². The Morgan fingerprint density at radius 1 is 1.39 bits per heavy atom. The van der Waals surface area contributed by atoms with Crippen LogP contribution in [0.15, 0.2) is 4.99 Å². The number of hydrogen-bond donors (Lipinski definition) is 2. The van der Waals surface area contributed by atoms with Gasteiger partial charge in [0.1, 0.15) is 0 Å². The van der Waals surface area contributed by atoms with Crippen molar-refractivity contribution in [1.29, 1.82) is 0 Å². The Bertz CT molecular complexity index is 270. The first-order chi connectivity index (χ1) is 8.45. The molecule has 0 aromatic heterocycles. The van der Waals surface area contributed by atoms with E-state index in [-0.39, 0.29) is 5.54 Å². The number of nitrogens with one attached hydrogen (secondary N) is 2. The summed E-state index contributed by atoms with van der Waals surface area (Å²) in [7, 11) is 5.97. The minimum atomic E-state index is 0.0987. The van der Waals surface area contributed by atoms with Crippen LogP contribution in [0.5, 0.6) is 0 Å². The van der Waals surface area contributed by atoms with Crippen LogP contribution in [0.1, 0.15) is 26.7 Å². The lowest BCUT2D eigenvalue weighted by Gasteiger charge is -2.33. The third-order valence-corrected chi connectivity index (χ3v) is 3.64. The van der Waals surface area contributed by atoms with Crippen molar-refractivity contribution < 1.29 is 4.74 Å². The predicted molar refractivity (Wildman–Crippen MR) is 76.1 cm³/mol. The standard InChI is InChI=1S/C13H28N4O/c1-13(2,17(4)5)10-16-12(14-3)15-9-11-7-6-8-18-11/h11H,6-10H2,1-5H3,(H2,14,15,16). The van der Waals surface area contributed by atoms with Crippen molar-refractivity contribution in [2.45, 2.75) is 38.3 Å². The monoisotopic (exact) mass is 256 g/mol. The third-order valence-electron chi connectivity index (χ3n) is 3.64. The molecule has 0 radical (unpaired) electrons. The van der Waals surface area contributed by atoms with E-state index >= 15 is 0 Å². The molecule has 1 unspecified atom stereocenters. The Morgan fingerprint density at radius 3 is 2.61 bits per heavy atom. The summed E-state index contributed by atoms with van der Waals surface area (Å²) in [6.45, 7) is 6.99. The van der Waals surface area contributed by atoms with Gasteiger partial charge in [0.25, 0.3) is 0 Å². The number of guanidine groups is 1. The van der Waals surface area contributed by atoms with Crippen molar-refractivity contribution in [2.24, 2.45) is 4.99 Å². The maximum absolute atomic E-state index is 5.58. The molecule has 1 heterocycles. The van der Waals surface area contributed by atoms with Gasteiger partial charge in [-0.15, -0.1) is 0 Å². The van der Waals surface area contributed by atoms with Gasteiger partial charge < -0.3 is 20.3 Å². The molecule has 0 aromatic carbocycles. The molecule has 1 atom stereocenters. The Kier molecular flexibility index (Phi) is 5.88. The quantitative estimate of drug-likeness (QED) is 0.561. The highest BCUT2D eigenvalue weighted by molar-refractivity contribution is 5.79. The number of ether oxygens (including phenoxy) is 1. The summed E-state index contributed by atoms with van der Waals surface area (Å²) in [5.74, 6) is 0.848. The molecular weight excluding hydrogens is 228 g/mol. The summed E-state index contributed by atoms with van der Waals surface area (Å²) >= 11 is 0. The molecule has 106 valence electrons. The minimum absolute atomic E-state index is 0.0987. The lowest BCUT2D eigenvalue weighted by molar-refractivity contribution is 0.113. The smallest absolute Gasteiger partial charge is 0.191 e. The van der Waals surface area contributed by atoms with E-state index in [1.807, 2.05) is 0 Å². The van der Waals surface area contributed by atoms with Crippen molar-refractivity contribution >= 4 is 5.96 Å². The van der Waals surface area contributed by atoms with Gasteiger partial charge >= 0.3 is 0 Å². The highest BCUT2D eigenvalue weighted by Crippen LogP contribution is 2.10. The minimum Gasteiger partial charge on any atom is -0.376 e. The fourth-order valence-corrected chi connectivity index (χ4v) is 1.69. The third kappa shape index (κ3) is 4.82. The topological polar surface area (TPSA) is 48.9 Å². The predicted octanol–water partition coefficient (Wildman–Crippen LogP) is 0.671.